The molecule has 3 aromatic rings. The van der Waals surface area contributed by atoms with Crippen molar-refractivity contribution in [1.29, 1.82) is 0 Å². The van der Waals surface area contributed by atoms with E-state index in [2.05, 4.69) is 46.6 Å². The number of aldehydes is 1. The second-order valence-electron chi connectivity index (χ2n) is 10.4. The highest BCUT2D eigenvalue weighted by Gasteiger charge is 2.24. The summed E-state index contributed by atoms with van der Waals surface area (Å²) >= 11 is 0. The van der Waals surface area contributed by atoms with E-state index < -0.39 is 12.2 Å². The van der Waals surface area contributed by atoms with Crippen molar-refractivity contribution in [2.75, 3.05) is 0 Å². The zero-order chi connectivity index (χ0) is 32.9. The van der Waals surface area contributed by atoms with Crippen LogP contribution >= 0.6 is 0 Å². The van der Waals surface area contributed by atoms with Gasteiger partial charge in [0.05, 0.1) is 5.52 Å². The number of rotatable bonds is 11. The number of allylic oxidation sites excluding steroid dienone is 4. The molecule has 0 aliphatic rings. The highest BCUT2D eigenvalue weighted by molar-refractivity contribution is 6.00. The molecule has 43 heavy (non-hydrogen) atoms. The molecule has 234 valence electrons. The summed E-state index contributed by atoms with van der Waals surface area (Å²) in [5.41, 5.74) is 6.24. The fraction of sp³-hybridized carbons (Fsp3) is 0.361. The molecule has 1 N–H and O–H groups in total. The monoisotopic (exact) mass is 595 g/mol. The number of aliphatic hydroxyl groups is 1. The Morgan fingerprint density at radius 3 is 2.14 bits per heavy atom. The van der Waals surface area contributed by atoms with Gasteiger partial charge in [-0.1, -0.05) is 62.9 Å². The minimum atomic E-state index is -3.32. The Bertz CT molecular complexity index is 1440. The first-order valence-corrected chi connectivity index (χ1v) is 14.3. The van der Waals surface area contributed by atoms with Crippen molar-refractivity contribution in [2.24, 2.45) is 0 Å². The van der Waals surface area contributed by atoms with Crippen molar-refractivity contribution >= 4 is 17.2 Å². The van der Waals surface area contributed by atoms with E-state index in [4.69, 9.17) is 9.47 Å². The third-order valence-corrected chi connectivity index (χ3v) is 6.83. The minimum Gasteiger partial charge on any atom is -0.509 e. The summed E-state index contributed by atoms with van der Waals surface area (Å²) in [6, 6.07) is 10.2. The van der Waals surface area contributed by atoms with E-state index in [9.17, 15) is 18.7 Å². The summed E-state index contributed by atoms with van der Waals surface area (Å²) in [7, 11) is 0. The summed E-state index contributed by atoms with van der Waals surface area (Å²) in [5, 5.41) is 10.4. The normalized spacial score (nSPS) is 11.8. The highest BCUT2D eigenvalue weighted by atomic mass is 19.3. The highest BCUT2D eigenvalue weighted by Crippen LogP contribution is 2.32. The van der Waals surface area contributed by atoms with Gasteiger partial charge in [-0.05, 0) is 82.9 Å². The van der Waals surface area contributed by atoms with Crippen LogP contribution in [0, 0.1) is 13.8 Å². The first-order valence-electron chi connectivity index (χ1n) is 14.3. The maximum Gasteiger partial charge on any atom is 0.394 e. The number of alkyl halides is 2. The van der Waals surface area contributed by atoms with E-state index in [0.29, 0.717) is 42.1 Å². The summed E-state index contributed by atoms with van der Waals surface area (Å²) in [5.74, 6) is 0.548. The predicted molar refractivity (Wildman–Crippen MR) is 175 cm³/mol. The Labute approximate surface area is 255 Å². The van der Waals surface area contributed by atoms with Crippen LogP contribution in [0.15, 0.2) is 85.2 Å². The number of aryl methyl sites for hydroxylation is 1. The second-order valence-corrected chi connectivity index (χ2v) is 10.4. The number of carbonyl (C=O) groups is 1. The van der Waals surface area contributed by atoms with Crippen LogP contribution in [0.1, 0.15) is 81.6 Å². The molecule has 0 amide bonds. The Balaban J connectivity index is 0.000000716. The number of hydrogen-bond donors (Lipinski definition) is 1. The molecule has 0 saturated carbocycles. The minimum absolute atomic E-state index is 0.0160. The van der Waals surface area contributed by atoms with Crippen LogP contribution in [-0.4, -0.2) is 28.2 Å². The number of ether oxygens (including phenoxy) is 2. The molecule has 1 unspecified atom stereocenters. The van der Waals surface area contributed by atoms with Crippen LogP contribution in [0.5, 0.6) is 11.5 Å². The first kappa shape index (κ1) is 36.9. The second kappa shape index (κ2) is 17.1. The fourth-order valence-electron chi connectivity index (χ4n) is 3.92. The number of aromatic nitrogens is 1. The molecule has 0 saturated heterocycles. The zero-order valence-corrected chi connectivity index (χ0v) is 26.9. The van der Waals surface area contributed by atoms with Gasteiger partial charge in [0.2, 0.25) is 0 Å². The molecule has 0 fully saturated rings. The van der Waals surface area contributed by atoms with E-state index >= 15 is 0 Å². The average molecular weight is 596 g/mol. The molecular weight excluding hydrogens is 548 g/mol. The Morgan fingerprint density at radius 1 is 1.09 bits per heavy atom. The van der Waals surface area contributed by atoms with Gasteiger partial charge in [-0.25, -0.2) is 0 Å². The zero-order valence-electron chi connectivity index (χ0n) is 26.9. The number of aliphatic hydroxyl groups excluding tert-OH is 1. The standard InChI is InChI=1S/C25H27F2NO4.C6H12.C5H8/c1-6-24(17(4)30)31-19-8-7-15(2)18(11-19)13-28-16(3)22(14-29)21-10-9-20(12-23(21)28)32-25(5,26)27;1-4-6(3)5-2;1-4-5(2)3/h7-12,14,24,30H,4,6,13H2,1-3,5H3;4H,5H2,1-3H3;4H,1-2H2,3H3/b;6-4-;. The molecule has 0 radical (unpaired) electrons. The first-order chi connectivity index (χ1) is 20.1. The lowest BCUT2D eigenvalue weighted by molar-refractivity contribution is -0.158. The van der Waals surface area contributed by atoms with E-state index in [1.165, 1.54) is 24.1 Å². The Morgan fingerprint density at radius 2 is 1.70 bits per heavy atom. The van der Waals surface area contributed by atoms with E-state index in [1.54, 1.807) is 12.1 Å². The molecule has 0 aliphatic carbocycles. The number of nitrogens with zero attached hydrogens (tertiary/aromatic N) is 1. The summed E-state index contributed by atoms with van der Waals surface area (Å²) < 4.78 is 39.2. The van der Waals surface area contributed by atoms with Crippen LogP contribution in [0.3, 0.4) is 0 Å². The van der Waals surface area contributed by atoms with Crippen LogP contribution in [0.2, 0.25) is 0 Å². The molecular formula is C36H47F2NO4. The van der Waals surface area contributed by atoms with Gasteiger partial charge in [0.15, 0.2) is 12.4 Å². The molecule has 2 aromatic carbocycles. The number of benzene rings is 2. The predicted octanol–water partition coefficient (Wildman–Crippen LogP) is 10.5. The summed E-state index contributed by atoms with van der Waals surface area (Å²) in [6.07, 6.45) is 2.55. The van der Waals surface area contributed by atoms with Crippen molar-refractivity contribution in [2.45, 2.75) is 87.0 Å². The lowest BCUT2D eigenvalue weighted by atomic mass is 10.1. The van der Waals surface area contributed by atoms with Gasteiger partial charge in [-0.15, -0.1) is 0 Å². The number of hydrogen-bond acceptors (Lipinski definition) is 4. The lowest BCUT2D eigenvalue weighted by Crippen LogP contribution is -2.19. The summed E-state index contributed by atoms with van der Waals surface area (Å²) in [6.45, 7) is 25.6. The maximum absolute atomic E-state index is 13.4. The average Bonchev–Trinajstić information content (AvgIpc) is 3.21. The van der Waals surface area contributed by atoms with E-state index in [1.807, 2.05) is 50.5 Å². The van der Waals surface area contributed by atoms with Crippen molar-refractivity contribution in [3.8, 4) is 11.5 Å². The van der Waals surface area contributed by atoms with Gasteiger partial charge in [0, 0.05) is 36.2 Å². The maximum atomic E-state index is 13.4. The summed E-state index contributed by atoms with van der Waals surface area (Å²) in [4.78, 5) is 11.7. The van der Waals surface area contributed by atoms with Gasteiger partial charge in [0.1, 0.15) is 17.3 Å². The third-order valence-electron chi connectivity index (χ3n) is 6.83. The topological polar surface area (TPSA) is 60.7 Å². The van der Waals surface area contributed by atoms with Gasteiger partial charge in [0.25, 0.3) is 0 Å². The van der Waals surface area contributed by atoms with Crippen molar-refractivity contribution in [3.63, 3.8) is 0 Å². The van der Waals surface area contributed by atoms with Crippen molar-refractivity contribution in [1.82, 2.24) is 4.57 Å². The van der Waals surface area contributed by atoms with Crippen molar-refractivity contribution < 1.29 is 28.2 Å². The largest absolute Gasteiger partial charge is 0.509 e. The van der Waals surface area contributed by atoms with Gasteiger partial charge in [-0.2, -0.15) is 8.78 Å². The fourth-order valence-corrected chi connectivity index (χ4v) is 3.92. The number of fused-ring (bicyclic) bond motifs is 1. The molecule has 1 aromatic heterocycles. The molecule has 1 atom stereocenters. The molecule has 5 nitrogen and oxygen atoms in total. The molecule has 1 heterocycles. The van der Waals surface area contributed by atoms with Gasteiger partial charge >= 0.3 is 6.11 Å². The lowest BCUT2D eigenvalue weighted by Gasteiger charge is -2.18. The van der Waals surface area contributed by atoms with Crippen molar-refractivity contribution in [3.05, 3.63) is 108 Å². The molecule has 3 rings (SSSR count). The quantitative estimate of drug-likeness (QED) is 0.104. The number of carbonyl (C=O) groups excluding carboxylic acids is 1. The number of halogens is 2. The molecule has 7 heteroatoms. The van der Waals surface area contributed by atoms with Crippen LogP contribution in [0.25, 0.3) is 10.9 Å². The van der Waals surface area contributed by atoms with Gasteiger partial charge < -0.3 is 19.1 Å². The molecule has 0 aliphatic heterocycles. The van der Waals surface area contributed by atoms with E-state index in [0.717, 1.165) is 28.7 Å². The van der Waals surface area contributed by atoms with Gasteiger partial charge in [-0.3, -0.25) is 4.79 Å². The molecule has 0 spiro atoms. The molecule has 0 bridgehead atoms. The Kier molecular flexibility index (Phi) is 14.7. The third kappa shape index (κ3) is 11.6. The van der Waals surface area contributed by atoms with Crippen LogP contribution in [0.4, 0.5) is 8.78 Å². The smallest absolute Gasteiger partial charge is 0.394 e. The van der Waals surface area contributed by atoms with Crippen LogP contribution < -0.4 is 9.47 Å². The Hall–Kier alpha value is -4.13. The van der Waals surface area contributed by atoms with Crippen LogP contribution in [-0.2, 0) is 6.54 Å². The SMILES string of the molecule is C/C=C(/C)CC.C=C(O)C(CC)Oc1ccc(C)c(Cn2c(C)c(C=O)c3ccc(OC(C)(F)F)cc32)c1.C=CC(=C)C. The van der Waals surface area contributed by atoms with E-state index in [-0.39, 0.29) is 11.5 Å².